The molecular formula is C37H28N4O. The van der Waals surface area contributed by atoms with E-state index in [0.717, 1.165) is 61.4 Å². The van der Waals surface area contributed by atoms with Crippen molar-refractivity contribution in [3.63, 3.8) is 0 Å². The third kappa shape index (κ3) is 4.61. The Morgan fingerprint density at radius 3 is 1.57 bits per heavy atom. The summed E-state index contributed by atoms with van der Waals surface area (Å²) in [7, 11) is 3.62. The van der Waals surface area contributed by atoms with Gasteiger partial charge in [0, 0.05) is 30.8 Å². The fraction of sp³-hybridized carbons (Fsp3) is 0.0541. The largest absolute Gasteiger partial charge is 0.328 e. The Labute approximate surface area is 244 Å². The first kappa shape index (κ1) is 25.4. The first-order valence-electron chi connectivity index (χ1n) is 13.9. The summed E-state index contributed by atoms with van der Waals surface area (Å²) in [6, 6.07) is 45.6. The van der Waals surface area contributed by atoms with Gasteiger partial charge in [-0.3, -0.25) is 9.13 Å². The third-order valence-electron chi connectivity index (χ3n) is 7.77. The van der Waals surface area contributed by atoms with E-state index in [1.54, 1.807) is 9.13 Å². The zero-order valence-corrected chi connectivity index (χ0v) is 23.4. The monoisotopic (exact) mass is 544 g/mol. The Morgan fingerprint density at radius 1 is 0.429 bits per heavy atom. The van der Waals surface area contributed by atoms with Crippen LogP contribution in [0.4, 0.5) is 0 Å². The molecule has 0 aliphatic carbocycles. The molecule has 7 rings (SSSR count). The Hall–Kier alpha value is -5.55. The molecule has 7 aromatic rings. The quantitative estimate of drug-likeness (QED) is 0.221. The van der Waals surface area contributed by atoms with E-state index in [9.17, 15) is 4.79 Å². The second-order valence-electron chi connectivity index (χ2n) is 10.5. The minimum absolute atomic E-state index is 0.0382. The van der Waals surface area contributed by atoms with Crippen LogP contribution in [-0.4, -0.2) is 19.1 Å². The molecule has 0 saturated heterocycles. The maximum Gasteiger partial charge on any atom is 0.328 e. The number of benzene rings is 5. The fourth-order valence-corrected chi connectivity index (χ4v) is 5.49. The molecule has 5 heteroatoms. The Bertz CT molecular complexity index is 2050. The fourth-order valence-electron chi connectivity index (χ4n) is 5.49. The summed E-state index contributed by atoms with van der Waals surface area (Å²) in [6.07, 6.45) is 0. The van der Waals surface area contributed by atoms with Crippen molar-refractivity contribution in [2.24, 2.45) is 14.1 Å². The molecule has 2 heterocycles. The van der Waals surface area contributed by atoms with E-state index >= 15 is 0 Å². The lowest BCUT2D eigenvalue weighted by Crippen LogP contribution is -2.19. The van der Waals surface area contributed by atoms with Gasteiger partial charge in [0.05, 0.1) is 22.4 Å². The topological polar surface area (TPSA) is 52.7 Å². The van der Waals surface area contributed by atoms with E-state index in [1.165, 1.54) is 0 Å². The maximum atomic E-state index is 12.6. The summed E-state index contributed by atoms with van der Waals surface area (Å²) in [4.78, 5) is 22.7. The van der Waals surface area contributed by atoms with Crippen LogP contribution in [-0.2, 0) is 14.1 Å². The smallest absolute Gasteiger partial charge is 0.295 e. The highest BCUT2D eigenvalue weighted by molar-refractivity contribution is 5.86. The molecule has 42 heavy (non-hydrogen) atoms. The zero-order valence-electron chi connectivity index (χ0n) is 23.4. The SMILES string of the molecule is Cn1c(=O)n(C)c2cc(-c3cc(-c4ccccc4)cc(-c4cc(-c5ccccc5)nc(-c5ccccc5)n4)c3)ccc21. The van der Waals surface area contributed by atoms with Crippen LogP contribution in [0.15, 0.2) is 138 Å². The molecule has 0 atom stereocenters. The van der Waals surface area contributed by atoms with Gasteiger partial charge in [0.2, 0.25) is 0 Å². The average molecular weight is 545 g/mol. The number of fused-ring (bicyclic) bond motifs is 1. The molecule has 0 radical (unpaired) electrons. The molecule has 2 aromatic heterocycles. The first-order valence-corrected chi connectivity index (χ1v) is 13.9. The molecule has 0 fully saturated rings. The van der Waals surface area contributed by atoms with Crippen molar-refractivity contribution in [2.75, 3.05) is 0 Å². The Morgan fingerprint density at radius 2 is 0.929 bits per heavy atom. The maximum absolute atomic E-state index is 12.6. The van der Waals surface area contributed by atoms with Crippen molar-refractivity contribution in [2.45, 2.75) is 0 Å². The van der Waals surface area contributed by atoms with Gasteiger partial charge in [-0.2, -0.15) is 0 Å². The van der Waals surface area contributed by atoms with Gasteiger partial charge in [-0.25, -0.2) is 14.8 Å². The summed E-state index contributed by atoms with van der Waals surface area (Å²) < 4.78 is 3.38. The molecule has 0 aliphatic heterocycles. The first-order chi connectivity index (χ1) is 20.5. The van der Waals surface area contributed by atoms with Crippen molar-refractivity contribution in [1.82, 2.24) is 19.1 Å². The van der Waals surface area contributed by atoms with Crippen molar-refractivity contribution >= 4 is 11.0 Å². The van der Waals surface area contributed by atoms with E-state index in [1.807, 2.05) is 74.8 Å². The molecule has 5 nitrogen and oxygen atoms in total. The van der Waals surface area contributed by atoms with Crippen LogP contribution in [0.5, 0.6) is 0 Å². The lowest BCUT2D eigenvalue weighted by molar-refractivity contribution is 0.795. The summed E-state index contributed by atoms with van der Waals surface area (Å²) in [5.41, 5.74) is 10.7. The number of aromatic nitrogens is 4. The minimum Gasteiger partial charge on any atom is -0.295 e. The number of imidazole rings is 1. The molecule has 202 valence electrons. The van der Waals surface area contributed by atoms with Crippen LogP contribution in [0.2, 0.25) is 0 Å². The van der Waals surface area contributed by atoms with Gasteiger partial charge in [0.25, 0.3) is 0 Å². The van der Waals surface area contributed by atoms with E-state index in [2.05, 4.69) is 72.8 Å². The highest BCUT2D eigenvalue weighted by Gasteiger charge is 2.15. The van der Waals surface area contributed by atoms with Crippen molar-refractivity contribution < 1.29 is 0 Å². The van der Waals surface area contributed by atoms with Gasteiger partial charge in [0.1, 0.15) is 0 Å². The van der Waals surface area contributed by atoms with Crippen molar-refractivity contribution in [1.29, 1.82) is 0 Å². The molecule has 0 saturated carbocycles. The van der Waals surface area contributed by atoms with Crippen LogP contribution in [0.1, 0.15) is 0 Å². The molecule has 0 N–H and O–H groups in total. The van der Waals surface area contributed by atoms with Crippen LogP contribution in [0, 0.1) is 0 Å². The minimum atomic E-state index is -0.0382. The number of hydrogen-bond acceptors (Lipinski definition) is 3. The van der Waals surface area contributed by atoms with Crippen LogP contribution in [0.25, 0.3) is 67.2 Å². The molecule has 0 bridgehead atoms. The second kappa shape index (κ2) is 10.5. The number of hydrogen-bond donors (Lipinski definition) is 0. The van der Waals surface area contributed by atoms with E-state index in [0.29, 0.717) is 5.82 Å². The van der Waals surface area contributed by atoms with Gasteiger partial charge in [-0.1, -0.05) is 97.1 Å². The zero-order chi connectivity index (χ0) is 28.6. The van der Waals surface area contributed by atoms with Crippen LogP contribution in [0.3, 0.4) is 0 Å². The van der Waals surface area contributed by atoms with Gasteiger partial charge in [0.15, 0.2) is 5.82 Å². The van der Waals surface area contributed by atoms with Gasteiger partial charge in [-0.05, 0) is 58.7 Å². The van der Waals surface area contributed by atoms with E-state index < -0.39 is 0 Å². The van der Waals surface area contributed by atoms with Gasteiger partial charge < -0.3 is 0 Å². The molecular weight excluding hydrogens is 516 g/mol. The van der Waals surface area contributed by atoms with Gasteiger partial charge in [-0.15, -0.1) is 0 Å². The lowest BCUT2D eigenvalue weighted by Gasteiger charge is -2.13. The number of nitrogens with zero attached hydrogens (tertiary/aromatic N) is 4. The van der Waals surface area contributed by atoms with Gasteiger partial charge >= 0.3 is 5.69 Å². The molecule has 0 aliphatic rings. The normalized spacial score (nSPS) is 11.2. The van der Waals surface area contributed by atoms with Crippen LogP contribution < -0.4 is 5.69 Å². The Kier molecular flexibility index (Phi) is 6.32. The predicted octanol–water partition coefficient (Wildman–Crippen LogP) is 8.00. The van der Waals surface area contributed by atoms with E-state index in [4.69, 9.17) is 9.97 Å². The summed E-state index contributed by atoms with van der Waals surface area (Å²) in [5.74, 6) is 0.680. The van der Waals surface area contributed by atoms with Crippen molar-refractivity contribution in [3.05, 3.63) is 144 Å². The van der Waals surface area contributed by atoms with Crippen LogP contribution >= 0.6 is 0 Å². The lowest BCUT2D eigenvalue weighted by atomic mass is 9.94. The predicted molar refractivity (Wildman–Crippen MR) is 171 cm³/mol. The average Bonchev–Trinajstić information content (AvgIpc) is 3.28. The number of rotatable bonds is 5. The highest BCUT2D eigenvalue weighted by Crippen LogP contribution is 2.35. The Balaban J connectivity index is 1.47. The standard InChI is InChI=1S/C37H28N4O/c1-40-34-19-18-28(23-35(34)41(2)37(40)42)30-20-29(25-12-6-3-7-13-25)21-31(22-30)33-24-32(26-14-8-4-9-15-26)38-36(39-33)27-16-10-5-11-17-27/h3-24H,1-2H3. The van der Waals surface area contributed by atoms with Crippen molar-refractivity contribution in [3.8, 4) is 56.2 Å². The molecule has 5 aromatic carbocycles. The third-order valence-corrected chi connectivity index (χ3v) is 7.77. The number of aryl methyl sites for hydroxylation is 2. The highest BCUT2D eigenvalue weighted by atomic mass is 16.1. The second-order valence-corrected chi connectivity index (χ2v) is 10.5. The molecule has 0 spiro atoms. The molecule has 0 unspecified atom stereocenters. The summed E-state index contributed by atoms with van der Waals surface area (Å²) in [5, 5.41) is 0. The molecule has 0 amide bonds. The summed E-state index contributed by atoms with van der Waals surface area (Å²) >= 11 is 0. The summed E-state index contributed by atoms with van der Waals surface area (Å²) in [6.45, 7) is 0. The van der Waals surface area contributed by atoms with E-state index in [-0.39, 0.29) is 5.69 Å².